The minimum atomic E-state index is -0.692. The van der Waals surface area contributed by atoms with Crippen molar-refractivity contribution in [2.75, 3.05) is 25.3 Å². The SMILES string of the molecule is C/C(=N/OCC(=O)OCC(=O)Nc1ccc(C(C)C)cc1)c1ccc2c(c1)OCO2. The summed E-state index contributed by atoms with van der Waals surface area (Å²) < 4.78 is 15.5. The molecule has 0 saturated heterocycles. The molecule has 0 saturated carbocycles. The van der Waals surface area contributed by atoms with Crippen molar-refractivity contribution in [3.8, 4) is 11.5 Å². The van der Waals surface area contributed by atoms with Crippen molar-refractivity contribution < 1.29 is 28.6 Å². The van der Waals surface area contributed by atoms with Crippen LogP contribution in [0.2, 0.25) is 0 Å². The van der Waals surface area contributed by atoms with E-state index in [9.17, 15) is 9.59 Å². The average Bonchev–Trinajstić information content (AvgIpc) is 3.20. The van der Waals surface area contributed by atoms with Gasteiger partial charge in [0.05, 0.1) is 5.71 Å². The molecule has 8 nitrogen and oxygen atoms in total. The van der Waals surface area contributed by atoms with Gasteiger partial charge in [0.1, 0.15) is 0 Å². The first kappa shape index (κ1) is 21.2. The highest BCUT2D eigenvalue weighted by Gasteiger charge is 2.14. The van der Waals surface area contributed by atoms with Crippen molar-refractivity contribution in [3.63, 3.8) is 0 Å². The largest absolute Gasteiger partial charge is 0.454 e. The van der Waals surface area contributed by atoms with Crippen LogP contribution in [0.1, 0.15) is 37.8 Å². The molecule has 0 fully saturated rings. The molecule has 1 amide bonds. The second-order valence-corrected chi connectivity index (χ2v) is 7.00. The quantitative estimate of drug-likeness (QED) is 0.405. The van der Waals surface area contributed by atoms with E-state index in [0.29, 0.717) is 28.8 Å². The van der Waals surface area contributed by atoms with Crippen LogP contribution in [0.5, 0.6) is 11.5 Å². The van der Waals surface area contributed by atoms with E-state index >= 15 is 0 Å². The summed E-state index contributed by atoms with van der Waals surface area (Å²) in [5.41, 5.74) is 3.15. The van der Waals surface area contributed by atoms with Crippen molar-refractivity contribution in [2.45, 2.75) is 26.7 Å². The lowest BCUT2D eigenvalue weighted by molar-refractivity contribution is -0.151. The number of amides is 1. The molecule has 0 atom stereocenters. The Bertz CT molecular complexity index is 937. The molecule has 8 heteroatoms. The maximum Gasteiger partial charge on any atom is 0.347 e. The highest BCUT2D eigenvalue weighted by atomic mass is 16.7. The van der Waals surface area contributed by atoms with E-state index in [-0.39, 0.29) is 6.79 Å². The fourth-order valence-electron chi connectivity index (χ4n) is 2.69. The molecule has 1 heterocycles. The molecule has 3 rings (SSSR count). The third-order valence-corrected chi connectivity index (χ3v) is 4.40. The zero-order valence-corrected chi connectivity index (χ0v) is 17.1. The molecule has 30 heavy (non-hydrogen) atoms. The fraction of sp³-hybridized carbons (Fsp3) is 0.318. The van der Waals surface area contributed by atoms with Crippen LogP contribution >= 0.6 is 0 Å². The second kappa shape index (κ2) is 9.78. The molecule has 0 unspecified atom stereocenters. The smallest absolute Gasteiger partial charge is 0.347 e. The zero-order valence-electron chi connectivity index (χ0n) is 17.1. The van der Waals surface area contributed by atoms with E-state index in [1.54, 1.807) is 19.1 Å². The van der Waals surface area contributed by atoms with Gasteiger partial charge in [-0.25, -0.2) is 4.79 Å². The van der Waals surface area contributed by atoms with Crippen molar-refractivity contribution >= 4 is 23.3 Å². The van der Waals surface area contributed by atoms with Crippen LogP contribution < -0.4 is 14.8 Å². The standard InChI is InChI=1S/C22H24N2O6/c1-14(2)16-4-7-18(8-5-16)23-21(25)11-27-22(26)12-30-24-15(3)17-6-9-19-20(10-17)29-13-28-19/h4-10,14H,11-13H2,1-3H3,(H,23,25)/b24-15-. The molecule has 2 aromatic rings. The maximum absolute atomic E-state index is 11.9. The van der Waals surface area contributed by atoms with Crippen LogP contribution in [0, 0.1) is 0 Å². The number of fused-ring (bicyclic) bond motifs is 1. The van der Waals surface area contributed by atoms with Crippen LogP contribution in [0.4, 0.5) is 5.69 Å². The number of carbonyl (C=O) groups excluding carboxylic acids is 2. The summed E-state index contributed by atoms with van der Waals surface area (Å²) in [6, 6.07) is 12.9. The number of hydrogen-bond donors (Lipinski definition) is 1. The van der Waals surface area contributed by atoms with Crippen molar-refractivity contribution in [1.29, 1.82) is 0 Å². The maximum atomic E-state index is 11.9. The number of esters is 1. The Hall–Kier alpha value is -3.55. The van der Waals surface area contributed by atoms with E-state index in [4.69, 9.17) is 19.0 Å². The first-order valence-corrected chi connectivity index (χ1v) is 9.54. The first-order valence-electron chi connectivity index (χ1n) is 9.54. The highest BCUT2D eigenvalue weighted by Crippen LogP contribution is 2.32. The van der Waals surface area contributed by atoms with Crippen molar-refractivity contribution in [3.05, 3.63) is 53.6 Å². The zero-order chi connectivity index (χ0) is 21.5. The molecule has 1 aliphatic rings. The molecule has 0 aromatic heterocycles. The van der Waals surface area contributed by atoms with Crippen molar-refractivity contribution in [2.24, 2.45) is 5.16 Å². The van der Waals surface area contributed by atoms with Gasteiger partial charge in [0.2, 0.25) is 13.4 Å². The summed E-state index contributed by atoms with van der Waals surface area (Å²) >= 11 is 0. The van der Waals surface area contributed by atoms with E-state index in [0.717, 1.165) is 5.56 Å². The van der Waals surface area contributed by atoms with Gasteiger partial charge in [0.25, 0.3) is 5.91 Å². The third kappa shape index (κ3) is 5.73. The Morgan fingerprint density at radius 1 is 1.07 bits per heavy atom. The number of ether oxygens (including phenoxy) is 3. The lowest BCUT2D eigenvalue weighted by atomic mass is 10.0. The second-order valence-electron chi connectivity index (χ2n) is 7.00. The Labute approximate surface area is 174 Å². The molecule has 1 aliphatic heterocycles. The summed E-state index contributed by atoms with van der Waals surface area (Å²) in [6.45, 7) is 5.30. The van der Waals surface area contributed by atoms with Crippen LogP contribution in [-0.2, 0) is 19.2 Å². The van der Waals surface area contributed by atoms with Gasteiger partial charge in [0, 0.05) is 11.3 Å². The topological polar surface area (TPSA) is 95.5 Å². The molecule has 2 aromatic carbocycles. The van der Waals surface area contributed by atoms with Crippen LogP contribution in [0.3, 0.4) is 0 Å². The Morgan fingerprint density at radius 3 is 2.53 bits per heavy atom. The molecule has 0 spiro atoms. The van der Waals surface area contributed by atoms with Gasteiger partial charge in [-0.2, -0.15) is 0 Å². The Balaban J connectivity index is 1.40. The van der Waals surface area contributed by atoms with Gasteiger partial charge in [0.15, 0.2) is 18.1 Å². The van der Waals surface area contributed by atoms with Crippen LogP contribution in [-0.4, -0.2) is 37.6 Å². The van der Waals surface area contributed by atoms with Gasteiger partial charge in [-0.15, -0.1) is 0 Å². The molecule has 158 valence electrons. The van der Waals surface area contributed by atoms with Gasteiger partial charge < -0.3 is 24.4 Å². The summed E-state index contributed by atoms with van der Waals surface area (Å²) in [4.78, 5) is 28.7. The minimum absolute atomic E-state index is 0.189. The van der Waals surface area contributed by atoms with Gasteiger partial charge in [-0.3, -0.25) is 4.79 Å². The Morgan fingerprint density at radius 2 is 1.80 bits per heavy atom. The number of oxime groups is 1. The average molecular weight is 412 g/mol. The molecule has 0 aliphatic carbocycles. The third-order valence-electron chi connectivity index (χ3n) is 4.40. The normalized spacial score (nSPS) is 12.6. The van der Waals surface area contributed by atoms with E-state index < -0.39 is 25.1 Å². The number of nitrogens with zero attached hydrogens (tertiary/aromatic N) is 1. The minimum Gasteiger partial charge on any atom is -0.454 e. The summed E-state index contributed by atoms with van der Waals surface area (Å²) in [5.74, 6) is 0.590. The van der Waals surface area contributed by atoms with Gasteiger partial charge in [-0.1, -0.05) is 31.1 Å². The van der Waals surface area contributed by atoms with Gasteiger partial charge >= 0.3 is 5.97 Å². The number of rotatable bonds is 8. The van der Waals surface area contributed by atoms with Crippen LogP contribution in [0.15, 0.2) is 47.6 Å². The monoisotopic (exact) mass is 412 g/mol. The Kier molecular flexibility index (Phi) is 6.90. The lowest BCUT2D eigenvalue weighted by Crippen LogP contribution is -2.22. The van der Waals surface area contributed by atoms with Crippen LogP contribution in [0.25, 0.3) is 0 Å². The summed E-state index contributed by atoms with van der Waals surface area (Å²) in [5, 5.41) is 6.57. The summed E-state index contributed by atoms with van der Waals surface area (Å²) in [6.07, 6.45) is 0. The summed E-state index contributed by atoms with van der Waals surface area (Å²) in [7, 11) is 0. The number of carbonyl (C=O) groups is 2. The lowest BCUT2D eigenvalue weighted by Gasteiger charge is -2.09. The molecular formula is C22H24N2O6. The van der Waals surface area contributed by atoms with E-state index in [1.165, 1.54) is 5.56 Å². The molecule has 0 bridgehead atoms. The molecule has 0 radical (unpaired) electrons. The number of anilines is 1. The number of hydrogen-bond acceptors (Lipinski definition) is 7. The van der Waals surface area contributed by atoms with Crippen molar-refractivity contribution in [1.82, 2.24) is 0 Å². The molecular weight excluding hydrogens is 388 g/mol. The fourth-order valence-corrected chi connectivity index (χ4v) is 2.69. The van der Waals surface area contributed by atoms with Gasteiger partial charge in [-0.05, 0) is 48.7 Å². The number of benzene rings is 2. The van der Waals surface area contributed by atoms with E-state index in [1.807, 2.05) is 30.3 Å². The predicted molar refractivity (Wildman–Crippen MR) is 111 cm³/mol. The number of nitrogens with one attached hydrogen (secondary N) is 1. The molecule has 1 N–H and O–H groups in total. The van der Waals surface area contributed by atoms with E-state index in [2.05, 4.69) is 24.3 Å². The predicted octanol–water partition coefficient (Wildman–Crippen LogP) is 3.46. The first-order chi connectivity index (χ1) is 14.4. The highest BCUT2D eigenvalue weighted by molar-refractivity contribution is 5.99.